The van der Waals surface area contributed by atoms with Crippen LogP contribution in [-0.4, -0.2) is 66.0 Å². The van der Waals surface area contributed by atoms with Gasteiger partial charge in [0.15, 0.2) is 22.5 Å². The van der Waals surface area contributed by atoms with Crippen LogP contribution in [0.5, 0.6) is 0 Å². The fourth-order valence-electron chi connectivity index (χ4n) is 2.22. The highest BCUT2D eigenvalue weighted by Gasteiger charge is 2.39. The number of hydrogen-bond donors (Lipinski definition) is 4. The van der Waals surface area contributed by atoms with E-state index in [1.165, 1.54) is 22.7 Å². The van der Waals surface area contributed by atoms with Gasteiger partial charge < -0.3 is 20.1 Å². The summed E-state index contributed by atoms with van der Waals surface area (Å²) in [6.07, 6.45) is -1.76. The van der Waals surface area contributed by atoms with Crippen molar-refractivity contribution in [2.45, 2.75) is 29.7 Å². The van der Waals surface area contributed by atoms with Crippen molar-refractivity contribution < 1.29 is 20.1 Å². The summed E-state index contributed by atoms with van der Waals surface area (Å²) in [6.45, 7) is -0.138. The zero-order valence-corrected chi connectivity index (χ0v) is 11.8. The van der Waals surface area contributed by atoms with Crippen molar-refractivity contribution in [1.29, 1.82) is 0 Å². The number of nitrogens with one attached hydrogen (secondary N) is 1. The zero-order chi connectivity index (χ0) is 15.1. The van der Waals surface area contributed by atoms with Gasteiger partial charge in [0.1, 0.15) is 18.3 Å². The van der Waals surface area contributed by atoms with Gasteiger partial charge in [0, 0.05) is 0 Å². The molecule has 10 heteroatoms. The molecule has 2 aromatic heterocycles. The normalized spacial score (nSPS) is 29.9. The van der Waals surface area contributed by atoms with Crippen molar-refractivity contribution in [3.8, 4) is 0 Å². The molecule has 21 heavy (non-hydrogen) atoms. The molecule has 4 atom stereocenters. The van der Waals surface area contributed by atoms with E-state index in [0.29, 0.717) is 5.16 Å². The number of aliphatic hydroxyl groups excluding tert-OH is 3. The second-order valence-corrected chi connectivity index (χ2v) is 5.47. The quantitative estimate of drug-likeness (QED) is 0.387. The maximum atomic E-state index is 11.9. The van der Waals surface area contributed by atoms with Gasteiger partial charge in [-0.05, 0) is 6.26 Å². The summed E-state index contributed by atoms with van der Waals surface area (Å²) < 4.78 is 6.72. The van der Waals surface area contributed by atoms with E-state index >= 15 is 0 Å². The lowest BCUT2D eigenvalue weighted by Gasteiger charge is -2.35. The maximum Gasteiger partial charge on any atom is 0.279 e. The van der Waals surface area contributed by atoms with Crippen molar-refractivity contribution in [1.82, 2.24) is 19.5 Å². The van der Waals surface area contributed by atoms with E-state index < -0.39 is 30.1 Å². The second-order valence-electron chi connectivity index (χ2n) is 4.67. The molecule has 0 aliphatic carbocycles. The molecule has 1 aliphatic heterocycles. The number of aromatic nitrogens is 4. The smallest absolute Gasteiger partial charge is 0.279 e. The Balaban J connectivity index is 2.08. The Labute approximate surface area is 122 Å². The Bertz CT molecular complexity index is 716. The lowest BCUT2D eigenvalue weighted by atomic mass is 10.0. The summed E-state index contributed by atoms with van der Waals surface area (Å²) >= 11 is 1.26. The maximum absolute atomic E-state index is 11.9. The number of rotatable bonds is 2. The molecule has 0 aromatic carbocycles. The molecule has 4 N–H and O–H groups in total. The number of fused-ring (bicyclic) bond motifs is 1. The van der Waals surface area contributed by atoms with Crippen molar-refractivity contribution in [2.24, 2.45) is 0 Å². The van der Waals surface area contributed by atoms with Gasteiger partial charge in [-0.1, -0.05) is 11.8 Å². The highest BCUT2D eigenvalue weighted by molar-refractivity contribution is 7.98. The molecule has 114 valence electrons. The molecule has 0 saturated carbocycles. The first-order valence-corrected chi connectivity index (χ1v) is 7.42. The van der Waals surface area contributed by atoms with Crippen LogP contribution in [-0.2, 0) is 4.74 Å². The Morgan fingerprint density at radius 1 is 1.43 bits per heavy atom. The summed E-state index contributed by atoms with van der Waals surface area (Å²) in [5, 5.41) is 29.6. The lowest BCUT2D eigenvalue weighted by Crippen LogP contribution is -2.50. The monoisotopic (exact) mass is 314 g/mol. The number of H-pyrrole nitrogens is 1. The summed E-state index contributed by atoms with van der Waals surface area (Å²) in [5.74, 6) is 0. The molecule has 1 saturated heterocycles. The highest BCUT2D eigenvalue weighted by atomic mass is 32.2. The molecule has 0 bridgehead atoms. The molecule has 0 amide bonds. The Morgan fingerprint density at radius 3 is 2.90 bits per heavy atom. The van der Waals surface area contributed by atoms with Gasteiger partial charge in [0.2, 0.25) is 0 Å². The van der Waals surface area contributed by atoms with Gasteiger partial charge in [-0.15, -0.1) is 0 Å². The van der Waals surface area contributed by atoms with E-state index in [1.54, 1.807) is 6.26 Å². The third kappa shape index (κ3) is 2.34. The molecule has 0 spiro atoms. The van der Waals surface area contributed by atoms with Gasteiger partial charge in [-0.25, -0.2) is 9.97 Å². The fourth-order valence-corrected chi connectivity index (χ4v) is 2.60. The topological polar surface area (TPSA) is 133 Å². The van der Waals surface area contributed by atoms with Gasteiger partial charge in [-0.2, -0.15) is 0 Å². The van der Waals surface area contributed by atoms with Crippen molar-refractivity contribution >= 4 is 22.9 Å². The lowest BCUT2D eigenvalue weighted by molar-refractivity contribution is -0.210. The molecule has 1 fully saturated rings. The minimum atomic E-state index is -1.36. The molecular weight excluding hydrogens is 300 g/mol. The fraction of sp³-hybridized carbons (Fsp3) is 0.545. The molecule has 3 heterocycles. The van der Waals surface area contributed by atoms with Crippen molar-refractivity contribution in [3.05, 3.63) is 16.7 Å². The molecule has 0 unspecified atom stereocenters. The van der Waals surface area contributed by atoms with Crippen LogP contribution in [0.3, 0.4) is 0 Å². The van der Waals surface area contributed by atoms with Crippen LogP contribution in [0.4, 0.5) is 0 Å². The van der Waals surface area contributed by atoms with E-state index in [0.717, 1.165) is 0 Å². The Morgan fingerprint density at radius 2 is 2.19 bits per heavy atom. The number of hydrogen-bond acceptors (Lipinski definition) is 8. The predicted octanol–water partition coefficient (Wildman–Crippen LogP) is -1.55. The highest BCUT2D eigenvalue weighted by Crippen LogP contribution is 2.26. The third-order valence-electron chi connectivity index (χ3n) is 3.35. The number of ether oxygens (including phenoxy) is 1. The van der Waals surface area contributed by atoms with E-state index in [-0.39, 0.29) is 17.8 Å². The number of nitrogens with zero attached hydrogens (tertiary/aromatic N) is 3. The zero-order valence-electron chi connectivity index (χ0n) is 11.0. The molecule has 2 aromatic rings. The van der Waals surface area contributed by atoms with Crippen LogP contribution in [0, 0.1) is 0 Å². The van der Waals surface area contributed by atoms with Crippen LogP contribution in [0.1, 0.15) is 6.23 Å². The average molecular weight is 314 g/mol. The summed E-state index contributed by atoms with van der Waals surface area (Å²) in [6, 6.07) is 0. The molecule has 1 aliphatic rings. The van der Waals surface area contributed by atoms with Crippen LogP contribution >= 0.6 is 11.8 Å². The minimum absolute atomic E-state index is 0.115. The SMILES string of the molecule is CSc1nc2c(ncn2[C@H]2OC[C@@H](O)[C@@H](O)[C@H]2O)c(=O)[nH]1. The van der Waals surface area contributed by atoms with Gasteiger partial charge in [0.05, 0.1) is 12.9 Å². The van der Waals surface area contributed by atoms with Crippen molar-refractivity contribution in [2.75, 3.05) is 12.9 Å². The minimum Gasteiger partial charge on any atom is -0.388 e. The first-order chi connectivity index (χ1) is 10.0. The number of imidazole rings is 1. The summed E-state index contributed by atoms with van der Waals surface area (Å²) in [4.78, 5) is 22.6. The summed E-state index contributed by atoms with van der Waals surface area (Å²) in [7, 11) is 0. The second kappa shape index (κ2) is 5.39. The van der Waals surface area contributed by atoms with Crippen molar-refractivity contribution in [3.63, 3.8) is 0 Å². The third-order valence-corrected chi connectivity index (χ3v) is 3.93. The molecular formula is C11H14N4O5S. The standard InChI is InChI=1S/C11H14N4O5S/c1-21-11-13-8-5(9(19)14-11)12-3-15(8)10-7(18)6(17)4(16)2-20-10/h3-4,6-7,10,16-18H,2H2,1H3,(H,13,14,19)/t4-,6-,7-,10+/m1/s1. The van der Waals surface area contributed by atoms with Crippen LogP contribution in [0.25, 0.3) is 11.2 Å². The van der Waals surface area contributed by atoms with Crippen LogP contribution in [0.15, 0.2) is 16.3 Å². The van der Waals surface area contributed by atoms with Gasteiger partial charge in [0.25, 0.3) is 5.56 Å². The first kappa shape index (κ1) is 14.5. The largest absolute Gasteiger partial charge is 0.388 e. The number of thioether (sulfide) groups is 1. The molecule has 3 rings (SSSR count). The number of aliphatic hydroxyl groups is 3. The van der Waals surface area contributed by atoms with E-state index in [9.17, 15) is 20.1 Å². The summed E-state index contributed by atoms with van der Waals surface area (Å²) in [5.41, 5.74) is -0.0334. The van der Waals surface area contributed by atoms with E-state index in [2.05, 4.69) is 15.0 Å². The van der Waals surface area contributed by atoms with Crippen LogP contribution < -0.4 is 5.56 Å². The van der Waals surface area contributed by atoms with Gasteiger partial charge >= 0.3 is 0 Å². The predicted molar refractivity (Wildman–Crippen MR) is 72.9 cm³/mol. The Kier molecular flexibility index (Phi) is 3.71. The Hall–Kier alpha value is -1.46. The first-order valence-electron chi connectivity index (χ1n) is 6.19. The van der Waals surface area contributed by atoms with Crippen LogP contribution in [0.2, 0.25) is 0 Å². The molecule has 9 nitrogen and oxygen atoms in total. The average Bonchev–Trinajstić information content (AvgIpc) is 2.89. The van der Waals surface area contributed by atoms with E-state index in [4.69, 9.17) is 4.74 Å². The van der Waals surface area contributed by atoms with E-state index in [1.807, 2.05) is 0 Å². The molecule has 0 radical (unpaired) electrons. The van der Waals surface area contributed by atoms with Gasteiger partial charge in [-0.3, -0.25) is 14.3 Å². The number of aromatic amines is 1.